The van der Waals surface area contributed by atoms with Gasteiger partial charge in [-0.25, -0.2) is 9.59 Å². The molecule has 0 atom stereocenters. The molecule has 1 aliphatic carbocycles. The predicted molar refractivity (Wildman–Crippen MR) is 102 cm³/mol. The van der Waals surface area contributed by atoms with Gasteiger partial charge in [0.05, 0.1) is 5.56 Å². The molecule has 3 aromatic rings. The van der Waals surface area contributed by atoms with Crippen molar-refractivity contribution in [3.8, 4) is 22.6 Å². The molecule has 1 radical (unpaired) electrons. The average molecular weight is 357 g/mol. The van der Waals surface area contributed by atoms with Crippen LogP contribution < -0.4 is 9.47 Å². The number of ether oxygens (including phenoxy) is 2. The van der Waals surface area contributed by atoms with Crippen molar-refractivity contribution in [3.05, 3.63) is 83.4 Å². The Balaban J connectivity index is 1.69. The molecule has 3 aromatic carbocycles. The van der Waals surface area contributed by atoms with E-state index in [-0.39, 0.29) is 5.75 Å². The Labute approximate surface area is 157 Å². The Bertz CT molecular complexity index is 993. The van der Waals surface area contributed by atoms with Crippen LogP contribution in [-0.2, 0) is 17.6 Å². The second-order valence-corrected chi connectivity index (χ2v) is 6.43. The second kappa shape index (κ2) is 7.46. The van der Waals surface area contributed by atoms with Crippen molar-refractivity contribution in [2.24, 2.45) is 0 Å². The van der Waals surface area contributed by atoms with Crippen LogP contribution in [0.5, 0.6) is 11.5 Å². The highest BCUT2D eigenvalue weighted by Crippen LogP contribution is 2.30. The predicted octanol–water partition coefficient (Wildman–Crippen LogP) is 4.51. The zero-order chi connectivity index (χ0) is 18.6. The Morgan fingerprint density at radius 3 is 2.44 bits per heavy atom. The van der Waals surface area contributed by atoms with E-state index < -0.39 is 5.97 Å². The molecule has 0 aromatic heterocycles. The van der Waals surface area contributed by atoms with Gasteiger partial charge in [0.15, 0.2) is 0 Å². The van der Waals surface area contributed by atoms with Gasteiger partial charge in [0.2, 0.25) is 0 Å². The lowest BCUT2D eigenvalue weighted by atomic mass is 9.99. The highest BCUT2D eigenvalue weighted by Gasteiger charge is 2.18. The van der Waals surface area contributed by atoms with Gasteiger partial charge in [-0.3, -0.25) is 0 Å². The highest BCUT2D eigenvalue weighted by molar-refractivity contribution is 5.99. The second-order valence-electron chi connectivity index (χ2n) is 6.43. The normalized spacial score (nSPS) is 12.3. The van der Waals surface area contributed by atoms with Gasteiger partial charge in [-0.1, -0.05) is 36.4 Å². The number of rotatable bonds is 5. The quantitative estimate of drug-likeness (QED) is 0.498. The zero-order valence-corrected chi connectivity index (χ0v) is 14.6. The van der Waals surface area contributed by atoms with E-state index in [4.69, 9.17) is 9.47 Å². The molecule has 0 saturated heterocycles. The van der Waals surface area contributed by atoms with E-state index in [0.29, 0.717) is 16.9 Å². The monoisotopic (exact) mass is 357 g/mol. The van der Waals surface area contributed by atoms with Crippen LogP contribution in [-0.4, -0.2) is 12.4 Å². The van der Waals surface area contributed by atoms with Crippen LogP contribution in [0.4, 0.5) is 0 Å². The lowest BCUT2D eigenvalue weighted by molar-refractivity contribution is 0.0735. The first-order valence-electron chi connectivity index (χ1n) is 8.82. The highest BCUT2D eigenvalue weighted by atomic mass is 16.5. The van der Waals surface area contributed by atoms with Crippen molar-refractivity contribution in [2.75, 3.05) is 0 Å². The summed E-state index contributed by atoms with van der Waals surface area (Å²) in [5.41, 5.74) is 4.46. The minimum atomic E-state index is -0.497. The maximum Gasteiger partial charge on any atom is 0.423 e. The fourth-order valence-electron chi connectivity index (χ4n) is 3.45. The molecule has 0 bridgehead atoms. The molecule has 0 N–H and O–H groups in total. The minimum absolute atomic E-state index is 0.241. The standard InChI is InChI=1S/C23H17O4/c24-15-26-19-11-12-21(17-5-2-1-3-6-17)22(14-19)23(25)27-20-10-9-16-7-4-8-18(16)13-20/h1-3,5-6,9-14H,4,7-8H2. The van der Waals surface area contributed by atoms with Crippen molar-refractivity contribution in [2.45, 2.75) is 19.3 Å². The summed E-state index contributed by atoms with van der Waals surface area (Å²) in [6.45, 7) is 1.39. The smallest absolute Gasteiger partial charge is 0.423 e. The summed E-state index contributed by atoms with van der Waals surface area (Å²) in [6, 6.07) is 20.2. The Hall–Kier alpha value is -3.40. The van der Waals surface area contributed by atoms with Crippen molar-refractivity contribution in [1.29, 1.82) is 0 Å². The number of carbonyl (C=O) groups excluding carboxylic acids is 2. The number of hydrogen-bond donors (Lipinski definition) is 0. The number of fused-ring (bicyclic) bond motifs is 1. The van der Waals surface area contributed by atoms with Crippen LogP contribution in [0.2, 0.25) is 0 Å². The van der Waals surface area contributed by atoms with Gasteiger partial charge in [-0.15, -0.1) is 0 Å². The first-order valence-corrected chi connectivity index (χ1v) is 8.82. The molecule has 133 valence electrons. The first-order chi connectivity index (χ1) is 13.2. The Kier molecular flexibility index (Phi) is 4.71. The first kappa shape index (κ1) is 17.0. The number of carbonyl (C=O) groups is 1. The molecule has 4 heteroatoms. The van der Waals surface area contributed by atoms with Gasteiger partial charge >= 0.3 is 12.4 Å². The third kappa shape index (κ3) is 3.60. The summed E-state index contributed by atoms with van der Waals surface area (Å²) < 4.78 is 10.4. The molecule has 0 unspecified atom stereocenters. The van der Waals surface area contributed by atoms with Gasteiger partial charge in [-0.05, 0) is 71.8 Å². The van der Waals surface area contributed by atoms with Crippen LogP contribution in [0.25, 0.3) is 11.1 Å². The van der Waals surface area contributed by atoms with Crippen molar-refractivity contribution >= 4 is 12.4 Å². The van der Waals surface area contributed by atoms with Gasteiger partial charge in [0, 0.05) is 0 Å². The van der Waals surface area contributed by atoms with Crippen molar-refractivity contribution in [1.82, 2.24) is 0 Å². The fraction of sp³-hybridized carbons (Fsp3) is 0.130. The molecule has 0 fully saturated rings. The van der Waals surface area contributed by atoms with E-state index in [2.05, 4.69) is 0 Å². The molecule has 0 spiro atoms. The average Bonchev–Trinajstić information content (AvgIpc) is 3.17. The Morgan fingerprint density at radius 2 is 1.63 bits per heavy atom. The summed E-state index contributed by atoms with van der Waals surface area (Å²) >= 11 is 0. The molecule has 0 aliphatic heterocycles. The summed E-state index contributed by atoms with van der Waals surface area (Å²) in [5, 5.41) is 0. The zero-order valence-electron chi connectivity index (χ0n) is 14.6. The maximum atomic E-state index is 12.9. The number of aryl methyl sites for hydroxylation is 2. The summed E-state index contributed by atoms with van der Waals surface area (Å²) in [5.74, 6) is 0.265. The molecule has 0 saturated carbocycles. The lowest BCUT2D eigenvalue weighted by Gasteiger charge is -2.12. The van der Waals surface area contributed by atoms with E-state index in [0.717, 1.165) is 24.8 Å². The van der Waals surface area contributed by atoms with Crippen LogP contribution in [0.3, 0.4) is 0 Å². The minimum Gasteiger partial charge on any atom is -0.423 e. The fourth-order valence-corrected chi connectivity index (χ4v) is 3.45. The van der Waals surface area contributed by atoms with Gasteiger partial charge < -0.3 is 9.47 Å². The topological polar surface area (TPSA) is 52.6 Å². The summed E-state index contributed by atoms with van der Waals surface area (Å²) in [4.78, 5) is 23.4. The Morgan fingerprint density at radius 1 is 0.852 bits per heavy atom. The summed E-state index contributed by atoms with van der Waals surface area (Å²) in [7, 11) is 0. The van der Waals surface area contributed by atoms with E-state index in [1.807, 2.05) is 48.5 Å². The van der Waals surface area contributed by atoms with Crippen LogP contribution in [0.1, 0.15) is 27.9 Å². The molecule has 0 amide bonds. The number of esters is 1. The molecule has 1 aliphatic rings. The lowest BCUT2D eigenvalue weighted by Crippen LogP contribution is -2.11. The molecule has 4 nitrogen and oxygen atoms in total. The van der Waals surface area contributed by atoms with Crippen molar-refractivity contribution < 1.29 is 19.1 Å². The van der Waals surface area contributed by atoms with Gasteiger partial charge in [0.25, 0.3) is 0 Å². The van der Waals surface area contributed by atoms with Crippen LogP contribution in [0, 0.1) is 0 Å². The summed E-state index contributed by atoms with van der Waals surface area (Å²) in [6.07, 6.45) is 3.21. The van der Waals surface area contributed by atoms with Crippen LogP contribution >= 0.6 is 0 Å². The van der Waals surface area contributed by atoms with E-state index in [1.54, 1.807) is 12.1 Å². The van der Waals surface area contributed by atoms with E-state index >= 15 is 0 Å². The molecular weight excluding hydrogens is 340 g/mol. The van der Waals surface area contributed by atoms with Crippen LogP contribution in [0.15, 0.2) is 66.7 Å². The third-order valence-corrected chi connectivity index (χ3v) is 4.74. The van der Waals surface area contributed by atoms with Crippen molar-refractivity contribution in [3.63, 3.8) is 0 Å². The van der Waals surface area contributed by atoms with Gasteiger partial charge in [0.1, 0.15) is 11.5 Å². The molecule has 4 rings (SSSR count). The van der Waals surface area contributed by atoms with Gasteiger partial charge in [-0.2, -0.15) is 0 Å². The maximum absolute atomic E-state index is 12.9. The van der Waals surface area contributed by atoms with E-state index in [9.17, 15) is 9.59 Å². The SMILES string of the molecule is O=[C]Oc1ccc(-c2ccccc2)c(C(=O)Oc2ccc3c(c2)CCC3)c1. The molecular formula is C23H17O4. The largest absolute Gasteiger partial charge is 0.423 e. The number of hydrogen-bond acceptors (Lipinski definition) is 4. The molecule has 0 heterocycles. The van der Waals surface area contributed by atoms with E-state index in [1.165, 1.54) is 23.7 Å². The third-order valence-electron chi connectivity index (χ3n) is 4.74. The number of benzene rings is 3. The molecule has 27 heavy (non-hydrogen) atoms.